The van der Waals surface area contributed by atoms with Crippen molar-refractivity contribution in [2.75, 3.05) is 18.9 Å². The van der Waals surface area contributed by atoms with Crippen molar-refractivity contribution in [3.8, 4) is 11.3 Å². The summed E-state index contributed by atoms with van der Waals surface area (Å²) in [4.78, 5) is 31.0. The van der Waals surface area contributed by atoms with Gasteiger partial charge in [-0.15, -0.1) is 22.7 Å². The van der Waals surface area contributed by atoms with E-state index in [1.165, 1.54) is 33.1 Å². The van der Waals surface area contributed by atoms with Gasteiger partial charge >= 0.3 is 0 Å². The first-order chi connectivity index (χ1) is 13.0. The summed E-state index contributed by atoms with van der Waals surface area (Å²) in [5.41, 5.74) is 3.11. The molecule has 0 aliphatic carbocycles. The topological polar surface area (TPSA) is 62.3 Å². The first-order valence-corrected chi connectivity index (χ1v) is 10.8. The third-order valence-corrected chi connectivity index (χ3v) is 6.29. The average molecular weight is 464 g/mol. The molecule has 2 amide bonds. The van der Waals surface area contributed by atoms with Gasteiger partial charge in [-0.25, -0.2) is 4.98 Å². The Morgan fingerprint density at radius 1 is 1.19 bits per heavy atom. The molecular weight excluding hydrogens is 446 g/mol. The van der Waals surface area contributed by atoms with Gasteiger partial charge in [0.2, 0.25) is 5.91 Å². The van der Waals surface area contributed by atoms with Crippen LogP contribution < -0.4 is 5.32 Å². The zero-order chi connectivity index (χ0) is 19.4. The van der Waals surface area contributed by atoms with Gasteiger partial charge in [-0.3, -0.25) is 9.59 Å². The number of thiazole rings is 1. The summed E-state index contributed by atoms with van der Waals surface area (Å²) in [5, 5.41) is 5.20. The SMILES string of the molecule is CCc1ccc(-c2csc(NC(=O)CN(C)C(=O)c3ccc(Br)s3)n2)cc1. The van der Waals surface area contributed by atoms with Crippen LogP contribution in [0.1, 0.15) is 22.2 Å². The number of nitrogens with one attached hydrogen (secondary N) is 1. The van der Waals surface area contributed by atoms with Gasteiger partial charge in [-0.05, 0) is 40.0 Å². The molecule has 140 valence electrons. The normalized spacial score (nSPS) is 10.6. The van der Waals surface area contributed by atoms with Crippen molar-refractivity contribution in [1.29, 1.82) is 0 Å². The largest absolute Gasteiger partial charge is 0.332 e. The summed E-state index contributed by atoms with van der Waals surface area (Å²) >= 11 is 6.05. The Labute approximate surface area is 174 Å². The zero-order valence-corrected chi connectivity index (χ0v) is 18.1. The van der Waals surface area contributed by atoms with Crippen molar-refractivity contribution in [2.45, 2.75) is 13.3 Å². The fourth-order valence-electron chi connectivity index (χ4n) is 2.44. The third-order valence-electron chi connectivity index (χ3n) is 3.92. The minimum absolute atomic E-state index is 0.0333. The van der Waals surface area contributed by atoms with Gasteiger partial charge in [-0.1, -0.05) is 31.2 Å². The van der Waals surface area contributed by atoms with E-state index in [-0.39, 0.29) is 18.4 Å². The van der Waals surface area contributed by atoms with Crippen LogP contribution in [0.5, 0.6) is 0 Å². The predicted octanol–water partition coefficient (Wildman–Crippen LogP) is 4.91. The molecule has 0 radical (unpaired) electrons. The summed E-state index contributed by atoms with van der Waals surface area (Å²) < 4.78 is 0.881. The molecular formula is C19H18BrN3O2S2. The van der Waals surface area contributed by atoms with E-state index < -0.39 is 0 Å². The minimum atomic E-state index is -0.274. The van der Waals surface area contributed by atoms with Crippen molar-refractivity contribution in [1.82, 2.24) is 9.88 Å². The van der Waals surface area contributed by atoms with Gasteiger partial charge in [-0.2, -0.15) is 0 Å². The fourth-order valence-corrected chi connectivity index (χ4v) is 4.55. The molecule has 0 aliphatic heterocycles. The monoisotopic (exact) mass is 463 g/mol. The van der Waals surface area contributed by atoms with Crippen molar-refractivity contribution < 1.29 is 9.59 Å². The Kier molecular flexibility index (Phi) is 6.41. The predicted molar refractivity (Wildman–Crippen MR) is 115 cm³/mol. The number of carbonyl (C=O) groups excluding carboxylic acids is 2. The lowest BCUT2D eigenvalue weighted by Crippen LogP contribution is -2.34. The number of halogens is 1. The first-order valence-electron chi connectivity index (χ1n) is 8.31. The molecule has 0 spiro atoms. The standard InChI is InChI=1S/C19H18BrN3O2S2/c1-3-12-4-6-13(7-5-12)14-11-26-19(21-14)22-17(24)10-23(2)18(25)15-8-9-16(20)27-15/h4-9,11H,3,10H2,1-2H3,(H,21,22,24). The molecule has 0 bridgehead atoms. The number of hydrogen-bond acceptors (Lipinski definition) is 5. The smallest absolute Gasteiger partial charge is 0.264 e. The van der Waals surface area contributed by atoms with Crippen LogP contribution in [0.2, 0.25) is 0 Å². The van der Waals surface area contributed by atoms with Gasteiger partial charge in [0.05, 0.1) is 20.9 Å². The second kappa shape index (κ2) is 8.77. The van der Waals surface area contributed by atoms with E-state index in [2.05, 4.69) is 45.3 Å². The maximum absolute atomic E-state index is 12.3. The number of anilines is 1. The molecule has 2 heterocycles. The van der Waals surface area contributed by atoms with Crippen LogP contribution in [-0.2, 0) is 11.2 Å². The van der Waals surface area contributed by atoms with Gasteiger partial charge in [0, 0.05) is 18.0 Å². The maximum atomic E-state index is 12.3. The number of amides is 2. The van der Waals surface area contributed by atoms with Crippen LogP contribution in [0.3, 0.4) is 0 Å². The number of likely N-dealkylation sites (N-methyl/N-ethyl adjacent to an activating group) is 1. The zero-order valence-electron chi connectivity index (χ0n) is 14.9. The fraction of sp³-hybridized carbons (Fsp3) is 0.211. The second-order valence-corrected chi connectivity index (χ2v) is 9.22. The van der Waals surface area contributed by atoms with Gasteiger partial charge in [0.15, 0.2) is 5.13 Å². The first kappa shape index (κ1) is 19.7. The molecule has 0 fully saturated rings. The quantitative estimate of drug-likeness (QED) is 0.564. The molecule has 5 nitrogen and oxygen atoms in total. The molecule has 3 rings (SSSR count). The van der Waals surface area contributed by atoms with Crippen LogP contribution in [0.25, 0.3) is 11.3 Å². The lowest BCUT2D eigenvalue weighted by molar-refractivity contribution is -0.116. The summed E-state index contributed by atoms with van der Waals surface area (Å²) in [6.45, 7) is 2.08. The molecule has 1 N–H and O–H groups in total. The Balaban J connectivity index is 1.59. The second-order valence-electron chi connectivity index (χ2n) is 5.90. The van der Waals surface area contributed by atoms with E-state index >= 15 is 0 Å². The molecule has 8 heteroatoms. The van der Waals surface area contributed by atoms with Crippen LogP contribution in [0.4, 0.5) is 5.13 Å². The molecule has 0 unspecified atom stereocenters. The van der Waals surface area contributed by atoms with E-state index in [0.717, 1.165) is 21.5 Å². The summed E-state index contributed by atoms with van der Waals surface area (Å²) in [6.07, 6.45) is 0.993. The van der Waals surface area contributed by atoms with Crippen LogP contribution in [0.15, 0.2) is 45.6 Å². The third kappa shape index (κ3) is 5.03. The number of hydrogen-bond donors (Lipinski definition) is 1. The molecule has 3 aromatic rings. The molecule has 0 aliphatic rings. The molecule has 27 heavy (non-hydrogen) atoms. The van der Waals surface area contributed by atoms with Crippen molar-refractivity contribution in [3.05, 3.63) is 56.0 Å². The van der Waals surface area contributed by atoms with E-state index in [0.29, 0.717) is 10.0 Å². The van der Waals surface area contributed by atoms with Crippen LogP contribution in [-0.4, -0.2) is 35.3 Å². The Morgan fingerprint density at radius 2 is 1.93 bits per heavy atom. The van der Waals surface area contributed by atoms with Gasteiger partial charge in [0.25, 0.3) is 5.91 Å². The summed E-state index contributed by atoms with van der Waals surface area (Å²) in [7, 11) is 1.61. The number of aromatic nitrogens is 1. The number of nitrogens with zero attached hydrogens (tertiary/aromatic N) is 2. The highest BCUT2D eigenvalue weighted by atomic mass is 79.9. The lowest BCUT2D eigenvalue weighted by Gasteiger charge is -2.15. The van der Waals surface area contributed by atoms with Crippen molar-refractivity contribution >= 4 is 55.5 Å². The number of carbonyl (C=O) groups is 2. The van der Waals surface area contributed by atoms with Crippen molar-refractivity contribution in [3.63, 3.8) is 0 Å². The summed E-state index contributed by atoms with van der Waals surface area (Å²) in [6, 6.07) is 11.8. The van der Waals surface area contributed by atoms with E-state index in [1.807, 2.05) is 23.6 Å². The lowest BCUT2D eigenvalue weighted by atomic mass is 10.1. The molecule has 0 saturated heterocycles. The van der Waals surface area contributed by atoms with Gasteiger partial charge in [0.1, 0.15) is 0 Å². The summed E-state index contributed by atoms with van der Waals surface area (Å²) in [5.74, 6) is -0.458. The van der Waals surface area contributed by atoms with E-state index in [4.69, 9.17) is 0 Å². The molecule has 1 aromatic carbocycles. The van der Waals surface area contributed by atoms with E-state index in [1.54, 1.807) is 13.1 Å². The molecule has 2 aromatic heterocycles. The maximum Gasteiger partial charge on any atom is 0.264 e. The highest BCUT2D eigenvalue weighted by Gasteiger charge is 2.17. The molecule has 0 saturated carbocycles. The Bertz CT molecular complexity index is 950. The minimum Gasteiger partial charge on any atom is -0.332 e. The number of thiophene rings is 1. The van der Waals surface area contributed by atoms with Gasteiger partial charge < -0.3 is 10.2 Å². The average Bonchev–Trinajstić information content (AvgIpc) is 3.30. The van der Waals surface area contributed by atoms with Crippen LogP contribution in [0, 0.1) is 0 Å². The number of benzene rings is 1. The highest BCUT2D eigenvalue weighted by molar-refractivity contribution is 9.11. The highest BCUT2D eigenvalue weighted by Crippen LogP contribution is 2.26. The number of aryl methyl sites for hydroxylation is 1. The van der Waals surface area contributed by atoms with Crippen LogP contribution >= 0.6 is 38.6 Å². The number of rotatable bonds is 6. The van der Waals surface area contributed by atoms with Crippen molar-refractivity contribution in [2.24, 2.45) is 0 Å². The Hall–Kier alpha value is -2.03. The Morgan fingerprint density at radius 3 is 2.56 bits per heavy atom. The van der Waals surface area contributed by atoms with E-state index in [9.17, 15) is 9.59 Å². The molecule has 0 atom stereocenters.